The summed E-state index contributed by atoms with van der Waals surface area (Å²) in [7, 11) is -3.14. The van der Waals surface area contributed by atoms with Gasteiger partial charge in [0.15, 0.2) is 9.84 Å². The highest BCUT2D eigenvalue weighted by molar-refractivity contribution is 7.91. The predicted octanol–water partition coefficient (Wildman–Crippen LogP) is 4.14. The molecule has 3 rings (SSSR count). The van der Waals surface area contributed by atoms with Gasteiger partial charge in [-0.15, -0.1) is 0 Å². The monoisotopic (exact) mass is 397 g/mol. The van der Waals surface area contributed by atoms with E-state index < -0.39 is 15.9 Å². The van der Waals surface area contributed by atoms with Crippen molar-refractivity contribution < 1.29 is 13.2 Å². The van der Waals surface area contributed by atoms with Gasteiger partial charge >= 0.3 is 0 Å². The molecule has 2 aromatic carbocycles. The lowest BCUT2D eigenvalue weighted by Crippen LogP contribution is -2.41. The zero-order valence-corrected chi connectivity index (χ0v) is 15.9. The Bertz CT molecular complexity index is 910. The second-order valence-electron chi connectivity index (χ2n) is 6.12. The van der Waals surface area contributed by atoms with Gasteiger partial charge in [0.1, 0.15) is 0 Å². The third-order valence-corrected chi connectivity index (χ3v) is 6.79. The van der Waals surface area contributed by atoms with Gasteiger partial charge in [0, 0.05) is 21.3 Å². The lowest BCUT2D eigenvalue weighted by Gasteiger charge is -2.30. The highest BCUT2D eigenvalue weighted by atomic mass is 35.5. The minimum Gasteiger partial charge on any atom is -0.304 e. The van der Waals surface area contributed by atoms with Crippen LogP contribution in [0.2, 0.25) is 10.0 Å². The van der Waals surface area contributed by atoms with Crippen LogP contribution in [0.5, 0.6) is 0 Å². The van der Waals surface area contributed by atoms with Crippen LogP contribution in [0.1, 0.15) is 22.3 Å². The first-order valence-corrected chi connectivity index (χ1v) is 10.4. The molecule has 1 aliphatic heterocycles. The third kappa shape index (κ3) is 3.84. The van der Waals surface area contributed by atoms with Crippen molar-refractivity contribution >= 4 is 44.6 Å². The Morgan fingerprint density at radius 2 is 1.80 bits per heavy atom. The summed E-state index contributed by atoms with van der Waals surface area (Å²) in [4.78, 5) is 14.7. The van der Waals surface area contributed by atoms with Crippen molar-refractivity contribution in [1.82, 2.24) is 0 Å². The molecular formula is C18H17Cl2NO3S. The lowest BCUT2D eigenvalue weighted by molar-refractivity contribution is 0.0979. The number of amides is 1. The molecule has 1 atom stereocenters. The summed E-state index contributed by atoms with van der Waals surface area (Å²) in [6.07, 6.45) is 0.410. The molecule has 0 aliphatic carbocycles. The number of carbonyl (C=O) groups is 1. The van der Waals surface area contributed by atoms with Crippen LogP contribution in [-0.4, -0.2) is 31.9 Å². The summed E-state index contributed by atoms with van der Waals surface area (Å²) in [6, 6.07) is 11.5. The van der Waals surface area contributed by atoms with Crippen molar-refractivity contribution in [3.8, 4) is 0 Å². The van der Waals surface area contributed by atoms with E-state index in [0.29, 0.717) is 27.7 Å². The standard InChI is InChI=1S/C18H17Cl2NO3S/c1-12-16(20)3-2-4-17(12)21(15-9-10-25(23,24)11-15)18(22)13-5-7-14(19)8-6-13/h2-8,15H,9-11H2,1H3. The zero-order valence-electron chi connectivity index (χ0n) is 13.6. The van der Waals surface area contributed by atoms with Crippen LogP contribution in [0, 0.1) is 6.92 Å². The maximum atomic E-state index is 13.2. The molecule has 1 aliphatic rings. The van der Waals surface area contributed by atoms with E-state index in [-0.39, 0.29) is 17.4 Å². The van der Waals surface area contributed by atoms with Crippen molar-refractivity contribution in [2.45, 2.75) is 19.4 Å². The molecule has 0 spiro atoms. The highest BCUT2D eigenvalue weighted by Gasteiger charge is 2.36. The Morgan fingerprint density at radius 1 is 1.12 bits per heavy atom. The normalized spacial score (nSPS) is 18.9. The van der Waals surface area contributed by atoms with Gasteiger partial charge in [0.25, 0.3) is 5.91 Å². The summed E-state index contributed by atoms with van der Waals surface area (Å²) in [5.74, 6) is -0.218. The first kappa shape index (κ1) is 18.2. The van der Waals surface area contributed by atoms with Crippen LogP contribution < -0.4 is 4.90 Å². The predicted molar refractivity (Wildman–Crippen MR) is 102 cm³/mol. The fraction of sp³-hybridized carbons (Fsp3) is 0.278. The molecule has 132 valence electrons. The molecule has 1 amide bonds. The minimum absolute atomic E-state index is 0.0434. The van der Waals surface area contributed by atoms with Gasteiger partial charge < -0.3 is 4.90 Å². The zero-order chi connectivity index (χ0) is 18.2. The third-order valence-electron chi connectivity index (χ3n) is 4.38. The van der Waals surface area contributed by atoms with E-state index >= 15 is 0 Å². The Balaban J connectivity index is 2.07. The summed E-state index contributed by atoms with van der Waals surface area (Å²) in [6.45, 7) is 1.82. The van der Waals surface area contributed by atoms with E-state index in [9.17, 15) is 13.2 Å². The molecule has 0 bridgehead atoms. The molecule has 1 unspecified atom stereocenters. The number of nitrogens with zero attached hydrogens (tertiary/aromatic N) is 1. The number of rotatable bonds is 3. The molecule has 2 aromatic rings. The van der Waals surface area contributed by atoms with E-state index in [1.807, 2.05) is 6.92 Å². The largest absolute Gasteiger partial charge is 0.304 e. The van der Waals surface area contributed by atoms with Crippen molar-refractivity contribution in [2.24, 2.45) is 0 Å². The van der Waals surface area contributed by atoms with Crippen LogP contribution in [0.4, 0.5) is 5.69 Å². The minimum atomic E-state index is -3.14. The lowest BCUT2D eigenvalue weighted by atomic mass is 10.1. The van der Waals surface area contributed by atoms with Gasteiger partial charge in [-0.3, -0.25) is 4.79 Å². The highest BCUT2D eigenvalue weighted by Crippen LogP contribution is 2.32. The van der Waals surface area contributed by atoms with Crippen LogP contribution in [0.15, 0.2) is 42.5 Å². The van der Waals surface area contributed by atoms with Crippen molar-refractivity contribution in [3.63, 3.8) is 0 Å². The van der Waals surface area contributed by atoms with E-state index in [4.69, 9.17) is 23.2 Å². The molecular weight excluding hydrogens is 381 g/mol. The van der Waals surface area contributed by atoms with Crippen LogP contribution in [-0.2, 0) is 9.84 Å². The van der Waals surface area contributed by atoms with E-state index in [0.717, 1.165) is 5.56 Å². The fourth-order valence-corrected chi connectivity index (χ4v) is 5.03. The molecule has 1 heterocycles. The summed E-state index contributed by atoms with van der Waals surface area (Å²) in [5, 5.41) is 1.07. The molecule has 4 nitrogen and oxygen atoms in total. The molecule has 1 fully saturated rings. The second-order valence-corrected chi connectivity index (χ2v) is 9.20. The van der Waals surface area contributed by atoms with Crippen molar-refractivity contribution in [2.75, 3.05) is 16.4 Å². The Hall–Kier alpha value is -1.56. The fourth-order valence-electron chi connectivity index (χ4n) is 3.04. The number of halogens is 2. The molecule has 0 radical (unpaired) electrons. The SMILES string of the molecule is Cc1c(Cl)cccc1N(C(=O)c1ccc(Cl)cc1)C1CCS(=O)(=O)C1. The van der Waals surface area contributed by atoms with Crippen LogP contribution in [0.3, 0.4) is 0 Å². The van der Waals surface area contributed by atoms with Gasteiger partial charge in [0.2, 0.25) is 0 Å². The van der Waals surface area contributed by atoms with Gasteiger partial charge in [-0.05, 0) is 55.3 Å². The van der Waals surface area contributed by atoms with Gasteiger partial charge in [0.05, 0.1) is 17.5 Å². The van der Waals surface area contributed by atoms with Crippen molar-refractivity contribution in [1.29, 1.82) is 0 Å². The van der Waals surface area contributed by atoms with E-state index in [2.05, 4.69) is 0 Å². The number of anilines is 1. The van der Waals surface area contributed by atoms with E-state index in [1.165, 1.54) is 0 Å². The summed E-state index contributed by atoms with van der Waals surface area (Å²) >= 11 is 12.1. The first-order valence-electron chi connectivity index (χ1n) is 7.83. The van der Waals surface area contributed by atoms with Crippen molar-refractivity contribution in [3.05, 3.63) is 63.6 Å². The van der Waals surface area contributed by atoms with Gasteiger partial charge in [-0.1, -0.05) is 29.3 Å². The molecule has 7 heteroatoms. The molecule has 25 heavy (non-hydrogen) atoms. The average Bonchev–Trinajstić information content (AvgIpc) is 2.92. The van der Waals surface area contributed by atoms with E-state index in [1.54, 1.807) is 47.4 Å². The van der Waals surface area contributed by atoms with Crippen LogP contribution in [0.25, 0.3) is 0 Å². The number of hydrogen-bond donors (Lipinski definition) is 0. The van der Waals surface area contributed by atoms with Gasteiger partial charge in [-0.2, -0.15) is 0 Å². The first-order chi connectivity index (χ1) is 11.8. The number of hydrogen-bond acceptors (Lipinski definition) is 3. The maximum Gasteiger partial charge on any atom is 0.258 e. The molecule has 1 saturated heterocycles. The summed E-state index contributed by atoms with van der Waals surface area (Å²) in [5.41, 5.74) is 1.83. The number of benzene rings is 2. The maximum absolute atomic E-state index is 13.2. The topological polar surface area (TPSA) is 54.5 Å². The van der Waals surface area contributed by atoms with Gasteiger partial charge in [-0.25, -0.2) is 8.42 Å². The smallest absolute Gasteiger partial charge is 0.258 e. The Labute approximate surface area is 157 Å². The Morgan fingerprint density at radius 3 is 2.40 bits per heavy atom. The Kier molecular flexibility index (Phi) is 5.09. The number of carbonyl (C=O) groups excluding carboxylic acids is 1. The molecule has 0 saturated carbocycles. The number of sulfone groups is 1. The molecule has 0 N–H and O–H groups in total. The second kappa shape index (κ2) is 6.98. The quantitative estimate of drug-likeness (QED) is 0.781. The summed E-state index contributed by atoms with van der Waals surface area (Å²) < 4.78 is 23.9. The molecule has 0 aromatic heterocycles. The average molecular weight is 398 g/mol. The van der Waals surface area contributed by atoms with Crippen LogP contribution >= 0.6 is 23.2 Å².